The van der Waals surface area contributed by atoms with Crippen LogP contribution in [-0.2, 0) is 30.0 Å². The summed E-state index contributed by atoms with van der Waals surface area (Å²) in [6, 6.07) is 34.0. The lowest BCUT2D eigenvalue weighted by atomic mass is 9.99. The molecule has 0 N–H and O–H groups in total. The molecule has 0 aliphatic carbocycles. The lowest BCUT2D eigenvalue weighted by Gasteiger charge is -2.44. The summed E-state index contributed by atoms with van der Waals surface area (Å²) in [7, 11) is -0.839. The minimum Gasteiger partial charge on any atom is -0.497 e. The quantitative estimate of drug-likeness (QED) is 0.0493. The Morgan fingerprint density at radius 2 is 1.45 bits per heavy atom. The van der Waals surface area contributed by atoms with Crippen LogP contribution in [0.5, 0.6) is 11.5 Å². The van der Waals surface area contributed by atoms with Crippen LogP contribution in [0.25, 0.3) is 6.08 Å². The lowest BCUT2D eigenvalue weighted by molar-refractivity contribution is -0.156. The van der Waals surface area contributed by atoms with Gasteiger partial charge < -0.3 is 32.8 Å². The number of hydrogen-bond donors (Lipinski definition) is 0. The van der Waals surface area contributed by atoms with Crippen LogP contribution >= 0.6 is 0 Å². The Bertz CT molecular complexity index is 2050. The molecule has 0 saturated carbocycles. The molecule has 1 aliphatic rings. The fourth-order valence-corrected chi connectivity index (χ4v) is 13.5. The first-order valence-corrected chi connectivity index (χ1v) is 27.6. The van der Waals surface area contributed by atoms with Crippen LogP contribution in [0.3, 0.4) is 0 Å². The van der Waals surface area contributed by atoms with Gasteiger partial charge >= 0.3 is 5.97 Å². The van der Waals surface area contributed by atoms with Crippen LogP contribution in [0.2, 0.25) is 30.7 Å². The molecule has 1 heterocycles. The number of rotatable bonds is 20. The van der Waals surface area contributed by atoms with Crippen LogP contribution in [0.4, 0.5) is 0 Å². The fourth-order valence-electron chi connectivity index (χ4n) is 8.10. The molecule has 0 radical (unpaired) electrons. The molecule has 4 aromatic rings. The molecule has 0 aromatic heterocycles. The maximum atomic E-state index is 13.5. The van der Waals surface area contributed by atoms with E-state index in [0.29, 0.717) is 37.4 Å². The van der Waals surface area contributed by atoms with E-state index in [2.05, 4.69) is 120 Å². The van der Waals surface area contributed by atoms with E-state index < -0.39 is 34.4 Å². The maximum absolute atomic E-state index is 13.5. The van der Waals surface area contributed by atoms with Crippen molar-refractivity contribution in [3.05, 3.63) is 138 Å². The molecular formula is C52H70O8Si2. The Morgan fingerprint density at radius 3 is 2.02 bits per heavy atom. The third-order valence-corrected chi connectivity index (χ3v) is 18.1. The molecule has 0 spiro atoms. The molecule has 62 heavy (non-hydrogen) atoms. The Hall–Kier alpha value is -4.30. The first kappa shape index (κ1) is 48.7. The van der Waals surface area contributed by atoms with Gasteiger partial charge in [-0.25, -0.2) is 4.79 Å². The van der Waals surface area contributed by atoms with Gasteiger partial charge in [0.05, 0.1) is 39.1 Å². The van der Waals surface area contributed by atoms with E-state index in [9.17, 15) is 4.79 Å². The van der Waals surface area contributed by atoms with Crippen molar-refractivity contribution in [1.82, 2.24) is 0 Å². The molecule has 334 valence electrons. The van der Waals surface area contributed by atoms with Crippen molar-refractivity contribution in [1.29, 1.82) is 0 Å². The molecule has 1 saturated heterocycles. The number of ether oxygens (including phenoxy) is 6. The minimum atomic E-state index is -2.75. The van der Waals surface area contributed by atoms with Crippen molar-refractivity contribution in [3.8, 4) is 11.5 Å². The molecule has 8 nitrogen and oxygen atoms in total. The SMILES string of the molecule is COc1ccc(COC(/C=C\C[C@H](C)O[Si](c2ccccc2)(c2ccccc2)C(C)(C)C)[C@H]2OC(C)(C)O[C@@H]2C/C=C/c2cc(OC)cc(C)c2C(=O)OCC[Si](C)(C)C)cc1. The summed E-state index contributed by atoms with van der Waals surface area (Å²) < 4.78 is 44.2. The van der Waals surface area contributed by atoms with Gasteiger partial charge in [0.2, 0.25) is 0 Å². The Labute approximate surface area is 373 Å². The number of carbonyl (C=O) groups excluding carboxylic acids is 1. The second kappa shape index (κ2) is 21.4. The summed E-state index contributed by atoms with van der Waals surface area (Å²) in [5.74, 6) is 0.282. The predicted octanol–water partition coefficient (Wildman–Crippen LogP) is 10.9. The van der Waals surface area contributed by atoms with Gasteiger partial charge in [-0.2, -0.15) is 0 Å². The smallest absolute Gasteiger partial charge is 0.338 e. The van der Waals surface area contributed by atoms with Gasteiger partial charge in [0.1, 0.15) is 23.7 Å². The number of methoxy groups -OCH3 is 2. The predicted molar refractivity (Wildman–Crippen MR) is 257 cm³/mol. The van der Waals surface area contributed by atoms with Crippen LogP contribution < -0.4 is 19.8 Å². The van der Waals surface area contributed by atoms with E-state index in [1.165, 1.54) is 10.4 Å². The van der Waals surface area contributed by atoms with Gasteiger partial charge in [-0.05, 0) is 103 Å². The minimum absolute atomic E-state index is 0.0987. The summed E-state index contributed by atoms with van der Waals surface area (Å²) in [6.45, 7) is 22.4. The Morgan fingerprint density at radius 1 is 0.839 bits per heavy atom. The first-order chi connectivity index (χ1) is 29.4. The van der Waals surface area contributed by atoms with Gasteiger partial charge in [0.15, 0.2) is 5.79 Å². The number of esters is 1. The highest BCUT2D eigenvalue weighted by molar-refractivity contribution is 6.99. The van der Waals surface area contributed by atoms with E-state index in [0.717, 1.165) is 28.5 Å². The number of benzene rings is 4. The standard InChI is InChI=1S/C52H70O8Si2/c1-38-35-43(55-9)36-41(48(38)50(53)56-33-34-61(10,11)12)22-20-28-47-49(59-52(6,7)58-47)46(57-37-40-29-31-42(54-8)32-30-40)27-19-21-39(2)60-62(51(3,4)5,44-23-15-13-16-24-44)45-25-17-14-18-26-45/h13-20,22-27,29-32,35-36,39,46-47,49H,21,28,33-34,37H2,1-12H3/b22-20+,27-19-/t39-,46?,47+,49+/m0/s1. The highest BCUT2D eigenvalue weighted by Crippen LogP contribution is 2.38. The van der Waals surface area contributed by atoms with E-state index in [4.69, 9.17) is 32.8 Å². The van der Waals surface area contributed by atoms with Crippen molar-refractivity contribution in [2.45, 2.75) is 129 Å². The number of hydrogen-bond acceptors (Lipinski definition) is 8. The summed E-state index contributed by atoms with van der Waals surface area (Å²) in [4.78, 5) is 13.5. The summed E-state index contributed by atoms with van der Waals surface area (Å²) in [6.07, 6.45) is 8.13. The Balaban J connectivity index is 1.41. The number of carbonyl (C=O) groups is 1. The monoisotopic (exact) mass is 878 g/mol. The molecule has 0 bridgehead atoms. The average Bonchev–Trinajstić information content (AvgIpc) is 3.54. The van der Waals surface area contributed by atoms with Gasteiger partial charge in [-0.1, -0.05) is 138 Å². The largest absolute Gasteiger partial charge is 0.497 e. The van der Waals surface area contributed by atoms with E-state index in [-0.39, 0.29) is 23.2 Å². The highest BCUT2D eigenvalue weighted by atomic mass is 28.4. The van der Waals surface area contributed by atoms with E-state index in [1.807, 2.05) is 69.3 Å². The van der Waals surface area contributed by atoms with Crippen LogP contribution in [0.1, 0.15) is 81.4 Å². The normalized spacial score (nSPS) is 17.9. The number of aryl methyl sites for hydroxylation is 1. The zero-order valence-electron chi connectivity index (χ0n) is 39.2. The Kier molecular flexibility index (Phi) is 16.8. The molecule has 10 heteroatoms. The van der Waals surface area contributed by atoms with Gasteiger partial charge in [0.25, 0.3) is 8.32 Å². The van der Waals surface area contributed by atoms with E-state index >= 15 is 0 Å². The molecular weight excluding hydrogens is 809 g/mol. The fraction of sp³-hybridized carbons (Fsp3) is 0.442. The first-order valence-electron chi connectivity index (χ1n) is 21.9. The molecule has 1 aliphatic heterocycles. The van der Waals surface area contributed by atoms with Gasteiger partial charge in [-0.3, -0.25) is 0 Å². The summed E-state index contributed by atoms with van der Waals surface area (Å²) in [5.41, 5.74) is 3.08. The summed E-state index contributed by atoms with van der Waals surface area (Å²) in [5, 5.41) is 2.36. The molecule has 5 rings (SSSR count). The molecule has 1 unspecified atom stereocenters. The maximum Gasteiger partial charge on any atom is 0.338 e. The topological polar surface area (TPSA) is 81.7 Å². The zero-order valence-corrected chi connectivity index (χ0v) is 41.2. The third kappa shape index (κ3) is 12.9. The third-order valence-electron chi connectivity index (χ3n) is 11.3. The van der Waals surface area contributed by atoms with Crippen molar-refractivity contribution in [3.63, 3.8) is 0 Å². The van der Waals surface area contributed by atoms with Crippen molar-refractivity contribution >= 4 is 38.8 Å². The van der Waals surface area contributed by atoms with Crippen LogP contribution in [0.15, 0.2) is 115 Å². The summed E-state index contributed by atoms with van der Waals surface area (Å²) >= 11 is 0. The second-order valence-electron chi connectivity index (χ2n) is 19.0. The average molecular weight is 879 g/mol. The highest BCUT2D eigenvalue weighted by Gasteiger charge is 2.51. The second-order valence-corrected chi connectivity index (χ2v) is 28.9. The van der Waals surface area contributed by atoms with Crippen LogP contribution in [0, 0.1) is 6.92 Å². The van der Waals surface area contributed by atoms with Crippen molar-refractivity contribution in [2.24, 2.45) is 0 Å². The van der Waals surface area contributed by atoms with E-state index in [1.54, 1.807) is 14.2 Å². The molecule has 1 fully saturated rings. The van der Waals surface area contributed by atoms with Crippen molar-refractivity contribution < 1.29 is 37.6 Å². The van der Waals surface area contributed by atoms with Crippen molar-refractivity contribution in [2.75, 3.05) is 20.8 Å². The lowest BCUT2D eigenvalue weighted by Crippen LogP contribution is -2.67. The van der Waals surface area contributed by atoms with Gasteiger partial charge in [-0.15, -0.1) is 0 Å². The van der Waals surface area contributed by atoms with Crippen LogP contribution in [-0.4, -0.2) is 73.4 Å². The molecule has 4 atom stereocenters. The molecule has 0 amide bonds. The van der Waals surface area contributed by atoms with Gasteiger partial charge in [0, 0.05) is 14.2 Å². The molecule has 4 aromatic carbocycles. The zero-order chi connectivity index (χ0) is 45.1.